The fourth-order valence-electron chi connectivity index (χ4n) is 7.04. The molecule has 6 atom stereocenters. The summed E-state index contributed by atoms with van der Waals surface area (Å²) in [7, 11) is 0. The highest BCUT2D eigenvalue weighted by molar-refractivity contribution is 5.79. The number of ketones is 1. The Morgan fingerprint density at radius 2 is 1.80 bits per heavy atom. The highest BCUT2D eigenvalue weighted by Gasteiger charge is 2.57. The van der Waals surface area contributed by atoms with Gasteiger partial charge >= 0.3 is 0 Å². The number of rotatable bonds is 0. The first-order chi connectivity index (χ1) is 9.53. The summed E-state index contributed by atoms with van der Waals surface area (Å²) in [5.74, 6) is 4.20. The van der Waals surface area contributed by atoms with Crippen LogP contribution in [-0.4, -0.2) is 5.78 Å². The average molecular weight is 274 g/mol. The van der Waals surface area contributed by atoms with Crippen molar-refractivity contribution in [1.29, 1.82) is 0 Å². The van der Waals surface area contributed by atoms with E-state index in [1.54, 1.807) is 0 Å². The standard InChI is InChI=1S/C19H30O/c1-18-9-3-4-16(18)15-6-5-13-12-14(20)7-11-19(13,2)17(15)8-10-18/h13,15-17H,3-12H2,1-2H3/t13-,15+,16+,17+,18-,19-/m0/s1. The van der Waals surface area contributed by atoms with Crippen LogP contribution in [0.25, 0.3) is 0 Å². The topological polar surface area (TPSA) is 17.1 Å². The highest BCUT2D eigenvalue weighted by Crippen LogP contribution is 2.65. The third-order valence-electron chi connectivity index (χ3n) is 8.26. The van der Waals surface area contributed by atoms with E-state index in [9.17, 15) is 4.79 Å². The van der Waals surface area contributed by atoms with Crippen LogP contribution in [-0.2, 0) is 4.79 Å². The predicted molar refractivity (Wildman–Crippen MR) is 81.4 cm³/mol. The monoisotopic (exact) mass is 274 g/mol. The lowest BCUT2D eigenvalue weighted by molar-refractivity contribution is -0.137. The summed E-state index contributed by atoms with van der Waals surface area (Å²) < 4.78 is 0. The molecule has 0 amide bonds. The van der Waals surface area contributed by atoms with Gasteiger partial charge in [0.2, 0.25) is 0 Å². The number of hydrogen-bond donors (Lipinski definition) is 0. The van der Waals surface area contributed by atoms with E-state index in [4.69, 9.17) is 0 Å². The van der Waals surface area contributed by atoms with Crippen molar-refractivity contribution in [2.24, 2.45) is 34.5 Å². The second-order valence-electron chi connectivity index (χ2n) is 8.98. The molecular formula is C19H30O. The van der Waals surface area contributed by atoms with E-state index in [-0.39, 0.29) is 0 Å². The minimum Gasteiger partial charge on any atom is -0.300 e. The van der Waals surface area contributed by atoms with Crippen molar-refractivity contribution in [3.8, 4) is 0 Å². The molecule has 1 nitrogen and oxygen atoms in total. The molecule has 4 aliphatic carbocycles. The molecule has 4 rings (SSSR count). The third kappa shape index (κ3) is 1.70. The summed E-state index contributed by atoms with van der Waals surface area (Å²) in [5.41, 5.74) is 1.18. The molecule has 0 heterocycles. The van der Waals surface area contributed by atoms with E-state index in [2.05, 4.69) is 13.8 Å². The summed E-state index contributed by atoms with van der Waals surface area (Å²) in [6, 6.07) is 0. The SMILES string of the molecule is C[C@@]12CCC[C@@H]1[C@H]1CC[C@H]3CC(=O)CC[C@]3(C)[C@@H]1CC2. The molecule has 0 aromatic rings. The van der Waals surface area contributed by atoms with Gasteiger partial charge in [-0.25, -0.2) is 0 Å². The van der Waals surface area contributed by atoms with Crippen LogP contribution in [0.2, 0.25) is 0 Å². The van der Waals surface area contributed by atoms with E-state index in [0.717, 1.165) is 36.5 Å². The minimum atomic E-state index is 0.501. The van der Waals surface area contributed by atoms with Gasteiger partial charge in [0, 0.05) is 12.8 Å². The maximum Gasteiger partial charge on any atom is 0.133 e. The minimum absolute atomic E-state index is 0.501. The number of fused-ring (bicyclic) bond motifs is 5. The number of hydrogen-bond acceptors (Lipinski definition) is 1. The van der Waals surface area contributed by atoms with Gasteiger partial charge in [-0.05, 0) is 79.4 Å². The van der Waals surface area contributed by atoms with Crippen molar-refractivity contribution in [2.45, 2.75) is 78.1 Å². The van der Waals surface area contributed by atoms with Crippen LogP contribution in [0.4, 0.5) is 0 Å². The predicted octanol–water partition coefficient (Wildman–Crippen LogP) is 4.99. The molecule has 0 bridgehead atoms. The number of Topliss-reactive ketones (excluding diaryl/α,β-unsaturated/α-hetero) is 1. The summed E-state index contributed by atoms with van der Waals surface area (Å²) in [5, 5.41) is 0. The number of carbonyl (C=O) groups is 1. The smallest absolute Gasteiger partial charge is 0.133 e. The summed E-state index contributed by atoms with van der Waals surface area (Å²) in [6.07, 6.45) is 13.1. The summed E-state index contributed by atoms with van der Waals surface area (Å²) >= 11 is 0. The molecule has 0 spiro atoms. The van der Waals surface area contributed by atoms with Crippen molar-refractivity contribution in [1.82, 2.24) is 0 Å². The van der Waals surface area contributed by atoms with Crippen LogP contribution in [0.1, 0.15) is 78.1 Å². The number of carbonyl (C=O) groups excluding carboxylic acids is 1. The first-order valence-corrected chi connectivity index (χ1v) is 9.05. The lowest BCUT2D eigenvalue weighted by Gasteiger charge is -2.59. The molecule has 0 aliphatic heterocycles. The Kier molecular flexibility index (Phi) is 2.89. The van der Waals surface area contributed by atoms with Crippen molar-refractivity contribution < 1.29 is 4.79 Å². The zero-order valence-electron chi connectivity index (χ0n) is 13.3. The van der Waals surface area contributed by atoms with Crippen molar-refractivity contribution >= 4 is 5.78 Å². The lowest BCUT2D eigenvalue weighted by atomic mass is 9.45. The Labute approximate surface area is 123 Å². The Morgan fingerprint density at radius 3 is 2.65 bits per heavy atom. The van der Waals surface area contributed by atoms with Crippen LogP contribution >= 0.6 is 0 Å². The van der Waals surface area contributed by atoms with Gasteiger partial charge in [-0.15, -0.1) is 0 Å². The van der Waals surface area contributed by atoms with Gasteiger partial charge in [0.05, 0.1) is 0 Å². The second kappa shape index (κ2) is 4.34. The Bertz CT molecular complexity index is 427. The zero-order valence-corrected chi connectivity index (χ0v) is 13.3. The van der Waals surface area contributed by atoms with Crippen LogP contribution in [0.3, 0.4) is 0 Å². The maximum atomic E-state index is 11.9. The molecule has 0 N–H and O–H groups in total. The van der Waals surface area contributed by atoms with Gasteiger partial charge in [-0.1, -0.05) is 20.3 Å². The molecule has 4 aliphatic rings. The Hall–Kier alpha value is -0.330. The highest BCUT2D eigenvalue weighted by atomic mass is 16.1. The summed E-state index contributed by atoms with van der Waals surface area (Å²) in [6.45, 7) is 5.14. The quantitative estimate of drug-likeness (QED) is 0.608. The van der Waals surface area contributed by atoms with Gasteiger partial charge < -0.3 is 0 Å². The molecule has 0 aromatic carbocycles. The molecule has 0 saturated heterocycles. The largest absolute Gasteiger partial charge is 0.300 e. The van der Waals surface area contributed by atoms with Gasteiger partial charge in [0.15, 0.2) is 0 Å². The van der Waals surface area contributed by atoms with Crippen LogP contribution < -0.4 is 0 Å². The van der Waals surface area contributed by atoms with Crippen molar-refractivity contribution in [3.63, 3.8) is 0 Å². The van der Waals surface area contributed by atoms with Crippen molar-refractivity contribution in [2.75, 3.05) is 0 Å². The molecular weight excluding hydrogens is 244 g/mol. The van der Waals surface area contributed by atoms with E-state index in [1.807, 2.05) is 0 Å². The van der Waals surface area contributed by atoms with E-state index < -0.39 is 0 Å². The molecule has 112 valence electrons. The third-order valence-corrected chi connectivity index (χ3v) is 8.26. The Balaban J connectivity index is 1.64. The lowest BCUT2D eigenvalue weighted by Crippen LogP contribution is -2.52. The van der Waals surface area contributed by atoms with Gasteiger partial charge in [-0.3, -0.25) is 4.79 Å². The molecule has 4 saturated carbocycles. The second-order valence-corrected chi connectivity index (χ2v) is 8.98. The van der Waals surface area contributed by atoms with Crippen LogP contribution in [0, 0.1) is 34.5 Å². The molecule has 1 heteroatoms. The maximum absolute atomic E-state index is 11.9. The summed E-state index contributed by atoms with van der Waals surface area (Å²) in [4.78, 5) is 11.9. The first kappa shape index (κ1) is 13.3. The van der Waals surface area contributed by atoms with Crippen LogP contribution in [0.5, 0.6) is 0 Å². The van der Waals surface area contributed by atoms with Gasteiger partial charge in [-0.2, -0.15) is 0 Å². The molecule has 4 fully saturated rings. The molecule has 0 unspecified atom stereocenters. The van der Waals surface area contributed by atoms with Crippen molar-refractivity contribution in [3.05, 3.63) is 0 Å². The normalized spacial score (nSPS) is 55.0. The molecule has 0 aromatic heterocycles. The van der Waals surface area contributed by atoms with E-state index in [0.29, 0.717) is 16.6 Å². The molecule has 0 radical (unpaired) electrons. The molecule has 20 heavy (non-hydrogen) atoms. The average Bonchev–Trinajstić information content (AvgIpc) is 2.81. The van der Waals surface area contributed by atoms with Gasteiger partial charge in [0.25, 0.3) is 0 Å². The van der Waals surface area contributed by atoms with E-state index >= 15 is 0 Å². The van der Waals surface area contributed by atoms with Crippen LogP contribution in [0.15, 0.2) is 0 Å². The first-order valence-electron chi connectivity index (χ1n) is 9.05. The zero-order chi connectivity index (χ0) is 14.0. The fraction of sp³-hybridized carbons (Fsp3) is 0.947. The van der Waals surface area contributed by atoms with Gasteiger partial charge in [0.1, 0.15) is 5.78 Å². The Morgan fingerprint density at radius 1 is 0.950 bits per heavy atom. The van der Waals surface area contributed by atoms with E-state index in [1.165, 1.54) is 51.4 Å². The fourth-order valence-corrected chi connectivity index (χ4v) is 7.04.